The Morgan fingerprint density at radius 3 is 2.60 bits per heavy atom. The molecule has 1 N–H and O–H groups in total. The molecule has 0 aliphatic rings. The molecule has 4 heteroatoms. The molecule has 0 radical (unpaired) electrons. The van der Waals surface area contributed by atoms with Crippen LogP contribution in [0.5, 0.6) is 5.75 Å². The summed E-state index contributed by atoms with van der Waals surface area (Å²) in [4.78, 5) is 0. The first-order valence-corrected chi connectivity index (χ1v) is 5.84. The van der Waals surface area contributed by atoms with E-state index in [1.807, 2.05) is 0 Å². The van der Waals surface area contributed by atoms with Gasteiger partial charge in [0.25, 0.3) is 0 Å². The lowest BCUT2D eigenvalue weighted by molar-refractivity contribution is 0.321. The van der Waals surface area contributed by atoms with E-state index in [0.717, 1.165) is 17.3 Å². The van der Waals surface area contributed by atoms with Crippen LogP contribution in [0.3, 0.4) is 0 Å². The number of nitrogens with zero attached hydrogens (tertiary/aromatic N) is 1. The van der Waals surface area contributed by atoms with Crippen molar-refractivity contribution >= 4 is 11.8 Å². The van der Waals surface area contributed by atoms with E-state index in [4.69, 9.17) is 15.1 Å². The third-order valence-corrected chi connectivity index (χ3v) is 2.64. The van der Waals surface area contributed by atoms with Gasteiger partial charge in [0.1, 0.15) is 5.75 Å². The van der Waals surface area contributed by atoms with Crippen molar-refractivity contribution in [1.29, 1.82) is 5.26 Å². The fourth-order valence-corrected chi connectivity index (χ4v) is 1.55. The van der Waals surface area contributed by atoms with E-state index >= 15 is 0 Å². The van der Waals surface area contributed by atoms with Crippen molar-refractivity contribution in [3.8, 4) is 11.8 Å². The molecule has 0 aliphatic carbocycles. The van der Waals surface area contributed by atoms with Gasteiger partial charge in [-0.05, 0) is 24.3 Å². The lowest BCUT2D eigenvalue weighted by Gasteiger charge is -2.05. The lowest BCUT2D eigenvalue weighted by atomic mass is 10.2. The molecule has 0 saturated heterocycles. The number of hydrogen-bond acceptors (Lipinski definition) is 4. The summed E-state index contributed by atoms with van der Waals surface area (Å²) in [6.07, 6.45) is 0. The Hall–Kier alpha value is -1.18. The van der Waals surface area contributed by atoms with Crippen LogP contribution in [0.4, 0.5) is 0 Å². The van der Waals surface area contributed by atoms with Crippen molar-refractivity contribution in [1.82, 2.24) is 0 Å². The van der Waals surface area contributed by atoms with Gasteiger partial charge >= 0.3 is 0 Å². The third kappa shape index (κ3) is 4.73. The second-order valence-corrected chi connectivity index (χ2v) is 4.05. The molecule has 1 aromatic rings. The van der Waals surface area contributed by atoms with Crippen molar-refractivity contribution < 1.29 is 9.84 Å². The summed E-state index contributed by atoms with van der Waals surface area (Å²) < 4.78 is 5.44. The summed E-state index contributed by atoms with van der Waals surface area (Å²) in [5, 5.41) is 17.1. The maximum Gasteiger partial charge on any atom is 0.119 e. The van der Waals surface area contributed by atoms with Crippen LogP contribution in [-0.2, 0) is 0 Å². The number of hydrogen-bond donors (Lipinski definition) is 1. The van der Waals surface area contributed by atoms with Gasteiger partial charge in [0, 0.05) is 11.5 Å². The highest BCUT2D eigenvalue weighted by Crippen LogP contribution is 2.11. The molecule has 1 aromatic carbocycles. The molecule has 0 unspecified atom stereocenters. The minimum absolute atomic E-state index is 0.210. The van der Waals surface area contributed by atoms with Crippen LogP contribution in [-0.4, -0.2) is 29.8 Å². The van der Waals surface area contributed by atoms with E-state index in [1.165, 1.54) is 0 Å². The standard InChI is InChI=1S/C11H13NO2S/c12-9-10-1-3-11(4-2-10)14-6-8-15-7-5-13/h1-4,13H,5-8H2. The smallest absolute Gasteiger partial charge is 0.119 e. The minimum Gasteiger partial charge on any atom is -0.493 e. The molecule has 0 saturated carbocycles. The predicted octanol–water partition coefficient (Wildman–Crippen LogP) is 1.66. The van der Waals surface area contributed by atoms with Gasteiger partial charge in [-0.15, -0.1) is 0 Å². The highest BCUT2D eigenvalue weighted by atomic mass is 32.2. The van der Waals surface area contributed by atoms with E-state index < -0.39 is 0 Å². The molecular weight excluding hydrogens is 210 g/mol. The molecule has 80 valence electrons. The highest BCUT2D eigenvalue weighted by molar-refractivity contribution is 7.99. The van der Waals surface area contributed by atoms with Crippen molar-refractivity contribution in [2.45, 2.75) is 0 Å². The maximum atomic E-state index is 8.58. The predicted molar refractivity (Wildman–Crippen MR) is 61.1 cm³/mol. The second kappa shape index (κ2) is 7.16. The molecule has 0 fully saturated rings. The molecule has 1 rings (SSSR count). The van der Waals surface area contributed by atoms with Gasteiger partial charge in [-0.25, -0.2) is 0 Å². The number of ether oxygens (including phenoxy) is 1. The Bertz CT molecular complexity index is 318. The van der Waals surface area contributed by atoms with Gasteiger partial charge in [0.05, 0.1) is 24.8 Å². The molecule has 0 heterocycles. The molecule has 0 aromatic heterocycles. The van der Waals surface area contributed by atoms with Crippen LogP contribution in [0.15, 0.2) is 24.3 Å². The molecule has 0 atom stereocenters. The maximum absolute atomic E-state index is 8.58. The van der Waals surface area contributed by atoms with Crippen LogP contribution >= 0.6 is 11.8 Å². The average Bonchev–Trinajstić information content (AvgIpc) is 2.30. The fraction of sp³-hybridized carbons (Fsp3) is 0.364. The van der Waals surface area contributed by atoms with Crippen molar-refractivity contribution in [3.05, 3.63) is 29.8 Å². The number of rotatable bonds is 6. The first-order valence-electron chi connectivity index (χ1n) is 4.68. The number of thioether (sulfide) groups is 1. The Labute approximate surface area is 93.7 Å². The SMILES string of the molecule is N#Cc1ccc(OCCSCCO)cc1. The second-order valence-electron chi connectivity index (χ2n) is 2.82. The fourth-order valence-electron chi connectivity index (χ4n) is 1.01. The molecule has 3 nitrogen and oxygen atoms in total. The Morgan fingerprint density at radius 2 is 2.00 bits per heavy atom. The monoisotopic (exact) mass is 223 g/mol. The van der Waals surface area contributed by atoms with Crippen LogP contribution in [0.25, 0.3) is 0 Å². The average molecular weight is 223 g/mol. The van der Waals surface area contributed by atoms with E-state index in [-0.39, 0.29) is 6.61 Å². The zero-order valence-corrected chi connectivity index (χ0v) is 9.17. The van der Waals surface area contributed by atoms with Crippen LogP contribution in [0, 0.1) is 11.3 Å². The Kier molecular flexibility index (Phi) is 5.67. The third-order valence-electron chi connectivity index (χ3n) is 1.72. The zero-order valence-electron chi connectivity index (χ0n) is 8.35. The van der Waals surface area contributed by atoms with Gasteiger partial charge < -0.3 is 9.84 Å². The molecule has 15 heavy (non-hydrogen) atoms. The molecule has 0 aliphatic heterocycles. The van der Waals surface area contributed by atoms with Gasteiger partial charge in [-0.1, -0.05) is 0 Å². The summed E-state index contributed by atoms with van der Waals surface area (Å²) >= 11 is 1.65. The van der Waals surface area contributed by atoms with Gasteiger partial charge in [0.15, 0.2) is 0 Å². The Balaban J connectivity index is 2.23. The van der Waals surface area contributed by atoms with E-state index in [9.17, 15) is 0 Å². The summed E-state index contributed by atoms with van der Waals surface area (Å²) in [7, 11) is 0. The number of aliphatic hydroxyl groups is 1. The van der Waals surface area contributed by atoms with Crippen LogP contribution in [0.2, 0.25) is 0 Å². The van der Waals surface area contributed by atoms with Crippen LogP contribution < -0.4 is 4.74 Å². The highest BCUT2D eigenvalue weighted by Gasteiger charge is 1.94. The zero-order chi connectivity index (χ0) is 10.9. The van der Waals surface area contributed by atoms with Crippen molar-refractivity contribution in [3.63, 3.8) is 0 Å². The molecule has 0 spiro atoms. The van der Waals surface area contributed by atoms with Crippen molar-refractivity contribution in [2.75, 3.05) is 24.7 Å². The quantitative estimate of drug-likeness (QED) is 0.745. The first-order chi connectivity index (χ1) is 7.36. The van der Waals surface area contributed by atoms with E-state index in [0.29, 0.717) is 12.2 Å². The van der Waals surface area contributed by atoms with Gasteiger partial charge in [-0.2, -0.15) is 17.0 Å². The first kappa shape index (κ1) is 11.9. The summed E-state index contributed by atoms with van der Waals surface area (Å²) in [5.74, 6) is 2.38. The largest absolute Gasteiger partial charge is 0.493 e. The van der Waals surface area contributed by atoms with Gasteiger partial charge in [-0.3, -0.25) is 0 Å². The molecule has 0 bridgehead atoms. The number of aliphatic hydroxyl groups excluding tert-OH is 1. The van der Waals surface area contributed by atoms with Gasteiger partial charge in [0.2, 0.25) is 0 Å². The summed E-state index contributed by atoms with van der Waals surface area (Å²) in [6.45, 7) is 0.831. The Morgan fingerprint density at radius 1 is 1.27 bits per heavy atom. The molecule has 0 amide bonds. The number of benzene rings is 1. The summed E-state index contributed by atoms with van der Waals surface area (Å²) in [6, 6.07) is 9.09. The van der Waals surface area contributed by atoms with E-state index in [1.54, 1.807) is 36.0 Å². The topological polar surface area (TPSA) is 53.2 Å². The minimum atomic E-state index is 0.210. The lowest BCUT2D eigenvalue weighted by Crippen LogP contribution is -2.01. The normalized spacial score (nSPS) is 9.60. The molecular formula is C11H13NO2S. The number of nitriles is 1. The summed E-state index contributed by atoms with van der Waals surface area (Å²) in [5.41, 5.74) is 0.636. The van der Waals surface area contributed by atoms with E-state index in [2.05, 4.69) is 6.07 Å². The van der Waals surface area contributed by atoms with Crippen molar-refractivity contribution in [2.24, 2.45) is 0 Å². The van der Waals surface area contributed by atoms with Crippen LogP contribution in [0.1, 0.15) is 5.56 Å².